The summed E-state index contributed by atoms with van der Waals surface area (Å²) in [6.07, 6.45) is 4.67. The first-order valence-electron chi connectivity index (χ1n) is 11.3. The summed E-state index contributed by atoms with van der Waals surface area (Å²) in [6, 6.07) is 7.33. The molecular formula is C24H28N2O6. The van der Waals surface area contributed by atoms with Crippen molar-refractivity contribution < 1.29 is 28.6 Å². The number of piperidine rings is 1. The van der Waals surface area contributed by atoms with E-state index in [0.717, 1.165) is 11.4 Å². The Morgan fingerprint density at radius 1 is 1.19 bits per heavy atom. The Labute approximate surface area is 187 Å². The molecule has 8 nitrogen and oxygen atoms in total. The Hall–Kier alpha value is -2.87. The number of ether oxygens (including phenoxy) is 3. The highest BCUT2D eigenvalue weighted by Crippen LogP contribution is 2.53. The van der Waals surface area contributed by atoms with Gasteiger partial charge in [0.1, 0.15) is 11.4 Å². The first-order valence-corrected chi connectivity index (χ1v) is 11.3. The van der Waals surface area contributed by atoms with E-state index in [1.807, 2.05) is 36.4 Å². The molecule has 0 aromatic heterocycles. The van der Waals surface area contributed by atoms with Crippen molar-refractivity contribution in [2.45, 2.75) is 31.5 Å². The third kappa shape index (κ3) is 3.20. The number of amides is 2. The van der Waals surface area contributed by atoms with Crippen molar-refractivity contribution in [2.24, 2.45) is 17.8 Å². The summed E-state index contributed by atoms with van der Waals surface area (Å²) in [6.45, 7) is 3.53. The van der Waals surface area contributed by atoms with Crippen LogP contribution in [0, 0.1) is 17.8 Å². The van der Waals surface area contributed by atoms with Gasteiger partial charge in [-0.05, 0) is 44.0 Å². The Balaban J connectivity index is 1.32. The van der Waals surface area contributed by atoms with Gasteiger partial charge in [-0.1, -0.05) is 12.2 Å². The Morgan fingerprint density at radius 3 is 2.56 bits per heavy atom. The maximum atomic E-state index is 13.5. The van der Waals surface area contributed by atoms with E-state index in [-0.39, 0.29) is 29.8 Å². The third-order valence-electron chi connectivity index (χ3n) is 7.20. The van der Waals surface area contributed by atoms with Crippen molar-refractivity contribution in [1.29, 1.82) is 0 Å². The first kappa shape index (κ1) is 21.0. The molecule has 4 aliphatic heterocycles. The first-order chi connectivity index (χ1) is 15.5. The normalized spacial score (nSPS) is 31.2. The minimum Gasteiger partial charge on any atom is -0.497 e. The highest BCUT2D eigenvalue weighted by molar-refractivity contribution is 6.03. The van der Waals surface area contributed by atoms with Crippen LogP contribution in [0.25, 0.3) is 0 Å². The van der Waals surface area contributed by atoms with Crippen molar-refractivity contribution in [2.75, 3.05) is 38.3 Å². The van der Waals surface area contributed by atoms with Crippen LogP contribution < -0.4 is 9.64 Å². The summed E-state index contributed by atoms with van der Waals surface area (Å²) in [5.41, 5.74) is 0.00658. The number of hydrogen-bond donors (Lipinski definition) is 0. The predicted octanol–water partition coefficient (Wildman–Crippen LogP) is 1.78. The summed E-state index contributed by atoms with van der Waals surface area (Å²) in [5.74, 6) is -0.842. The molecule has 0 radical (unpaired) electrons. The molecule has 4 aliphatic rings. The van der Waals surface area contributed by atoms with Crippen LogP contribution in [0.3, 0.4) is 0 Å². The molecule has 2 amide bonds. The maximum absolute atomic E-state index is 13.5. The Morgan fingerprint density at radius 2 is 1.91 bits per heavy atom. The molecule has 170 valence electrons. The fraction of sp³-hybridized carbons (Fsp3) is 0.542. The molecule has 1 aromatic carbocycles. The van der Waals surface area contributed by atoms with Gasteiger partial charge in [0, 0.05) is 18.8 Å². The maximum Gasteiger partial charge on any atom is 0.309 e. The van der Waals surface area contributed by atoms with E-state index in [1.54, 1.807) is 23.8 Å². The highest BCUT2D eigenvalue weighted by atomic mass is 16.5. The quantitative estimate of drug-likeness (QED) is 0.513. The number of anilines is 1. The Kier molecular flexibility index (Phi) is 5.20. The van der Waals surface area contributed by atoms with Gasteiger partial charge >= 0.3 is 5.97 Å². The minimum atomic E-state index is -0.759. The SMILES string of the molecule is CCOC(=O)C1CCN(C(=O)[C@@H]2[C@H]3C(=O)N(c4ccc(OC)cc4)C[C@@]34C=C[C@H]2O4)CC1. The standard InChI is InChI=1S/C24H28N2O6/c1-3-31-23(29)15-9-12-25(13-10-15)21(27)19-18-8-11-24(32-18)14-26(22(28)20(19)24)16-4-6-17(30-2)7-5-16/h4-8,11,15,18-20H,3,9-10,12-14H2,1-2H3/t18-,19+,20+,24+/m1/s1. The van der Waals surface area contributed by atoms with Crippen LogP contribution in [-0.2, 0) is 23.9 Å². The van der Waals surface area contributed by atoms with E-state index in [1.165, 1.54) is 0 Å². The molecule has 4 atom stereocenters. The molecule has 0 unspecified atom stereocenters. The molecule has 1 spiro atoms. The van der Waals surface area contributed by atoms with Gasteiger partial charge in [-0.2, -0.15) is 0 Å². The summed E-state index contributed by atoms with van der Waals surface area (Å²) in [5, 5.41) is 0. The number of likely N-dealkylation sites (tertiary alicyclic amines) is 1. The second kappa shape index (κ2) is 7.92. The van der Waals surface area contributed by atoms with Crippen LogP contribution in [0.15, 0.2) is 36.4 Å². The van der Waals surface area contributed by atoms with E-state index in [0.29, 0.717) is 39.1 Å². The fourth-order valence-electron chi connectivity index (χ4n) is 5.57. The van der Waals surface area contributed by atoms with E-state index < -0.39 is 17.4 Å². The lowest BCUT2D eigenvalue weighted by molar-refractivity contribution is -0.152. The average molecular weight is 440 g/mol. The zero-order valence-corrected chi connectivity index (χ0v) is 18.4. The molecule has 3 saturated heterocycles. The summed E-state index contributed by atoms with van der Waals surface area (Å²) in [4.78, 5) is 42.5. The highest BCUT2D eigenvalue weighted by Gasteiger charge is 2.67. The molecule has 3 fully saturated rings. The smallest absolute Gasteiger partial charge is 0.309 e. The van der Waals surface area contributed by atoms with Crippen molar-refractivity contribution in [3.63, 3.8) is 0 Å². The molecule has 1 aromatic rings. The van der Waals surface area contributed by atoms with E-state index in [9.17, 15) is 14.4 Å². The second-order valence-electron chi connectivity index (χ2n) is 8.87. The number of esters is 1. The average Bonchev–Trinajstić information content (AvgIpc) is 3.47. The van der Waals surface area contributed by atoms with Gasteiger partial charge in [-0.25, -0.2) is 0 Å². The number of benzene rings is 1. The number of nitrogens with zero attached hydrogens (tertiary/aromatic N) is 2. The summed E-state index contributed by atoms with van der Waals surface area (Å²) >= 11 is 0. The van der Waals surface area contributed by atoms with Crippen LogP contribution in [0.5, 0.6) is 5.75 Å². The van der Waals surface area contributed by atoms with Gasteiger partial charge < -0.3 is 24.0 Å². The number of methoxy groups -OCH3 is 1. The van der Waals surface area contributed by atoms with Crippen molar-refractivity contribution >= 4 is 23.5 Å². The molecule has 0 N–H and O–H groups in total. The van der Waals surface area contributed by atoms with Crippen LogP contribution in [-0.4, -0.2) is 67.7 Å². The second-order valence-corrected chi connectivity index (χ2v) is 8.87. The molecular weight excluding hydrogens is 412 g/mol. The third-order valence-corrected chi connectivity index (χ3v) is 7.20. The van der Waals surface area contributed by atoms with Crippen molar-refractivity contribution in [1.82, 2.24) is 4.90 Å². The topological polar surface area (TPSA) is 85.4 Å². The molecule has 5 rings (SSSR count). The largest absolute Gasteiger partial charge is 0.497 e. The summed E-state index contributed by atoms with van der Waals surface area (Å²) < 4.78 is 16.6. The zero-order chi connectivity index (χ0) is 22.5. The molecule has 32 heavy (non-hydrogen) atoms. The molecule has 2 bridgehead atoms. The minimum absolute atomic E-state index is 0.0570. The molecule has 0 aliphatic carbocycles. The predicted molar refractivity (Wildman–Crippen MR) is 115 cm³/mol. The zero-order valence-electron chi connectivity index (χ0n) is 18.4. The lowest BCUT2D eigenvalue weighted by Crippen LogP contribution is -2.49. The fourth-order valence-corrected chi connectivity index (χ4v) is 5.57. The van der Waals surface area contributed by atoms with Gasteiger partial charge in [-0.15, -0.1) is 0 Å². The lowest BCUT2D eigenvalue weighted by atomic mass is 9.76. The van der Waals surface area contributed by atoms with Crippen LogP contribution in [0.1, 0.15) is 19.8 Å². The molecule has 4 heterocycles. The molecule has 8 heteroatoms. The van der Waals surface area contributed by atoms with E-state index in [2.05, 4.69) is 0 Å². The van der Waals surface area contributed by atoms with Crippen molar-refractivity contribution in [3.8, 4) is 5.75 Å². The van der Waals surface area contributed by atoms with Gasteiger partial charge in [-0.3, -0.25) is 14.4 Å². The number of fused-ring (bicyclic) bond motifs is 1. The number of hydrogen-bond acceptors (Lipinski definition) is 6. The monoisotopic (exact) mass is 440 g/mol. The number of carbonyl (C=O) groups is 3. The van der Waals surface area contributed by atoms with Gasteiger partial charge in [0.15, 0.2) is 0 Å². The van der Waals surface area contributed by atoms with E-state index >= 15 is 0 Å². The van der Waals surface area contributed by atoms with Crippen LogP contribution >= 0.6 is 0 Å². The summed E-state index contributed by atoms with van der Waals surface area (Å²) in [7, 11) is 1.60. The van der Waals surface area contributed by atoms with Gasteiger partial charge in [0.25, 0.3) is 0 Å². The number of carbonyl (C=O) groups excluding carboxylic acids is 3. The van der Waals surface area contributed by atoms with Crippen LogP contribution in [0.2, 0.25) is 0 Å². The van der Waals surface area contributed by atoms with Gasteiger partial charge in [0.2, 0.25) is 11.8 Å². The number of rotatable bonds is 5. The Bertz CT molecular complexity index is 952. The van der Waals surface area contributed by atoms with Crippen LogP contribution in [0.4, 0.5) is 5.69 Å². The van der Waals surface area contributed by atoms with Gasteiger partial charge in [0.05, 0.1) is 44.1 Å². The molecule has 0 saturated carbocycles. The van der Waals surface area contributed by atoms with Crippen molar-refractivity contribution in [3.05, 3.63) is 36.4 Å². The lowest BCUT2D eigenvalue weighted by Gasteiger charge is -2.34. The van der Waals surface area contributed by atoms with E-state index in [4.69, 9.17) is 14.2 Å².